The molecule has 0 fully saturated rings. The number of fused-ring (bicyclic) bond motifs is 2. The molecule has 0 unspecified atom stereocenters. The number of hydrazine groups is 1. The van der Waals surface area contributed by atoms with E-state index in [-0.39, 0.29) is 23.6 Å². The first-order chi connectivity index (χ1) is 28.4. The smallest absolute Gasteiger partial charge is 0.276 e. The summed E-state index contributed by atoms with van der Waals surface area (Å²) >= 11 is 0. The molecule has 0 atom stereocenters. The number of aryl methyl sites for hydroxylation is 4. The minimum atomic E-state index is -0.839. The number of primary amides is 2. The number of hydrogen-bond donors (Lipinski definition) is 6. The van der Waals surface area contributed by atoms with E-state index in [1.54, 1.807) is 45.2 Å². The fourth-order valence-electron chi connectivity index (χ4n) is 6.22. The summed E-state index contributed by atoms with van der Waals surface area (Å²) in [4.78, 5) is 61.5. The second kappa shape index (κ2) is 17.9. The monoisotopic (exact) mass is 823 g/mol. The van der Waals surface area contributed by atoms with Crippen molar-refractivity contribution in [3.63, 3.8) is 0 Å². The van der Waals surface area contributed by atoms with E-state index in [0.29, 0.717) is 64.1 Å². The fraction of sp³-hybridized carbons (Fsp3) is 0.375. The number of pyridine rings is 1. The summed E-state index contributed by atoms with van der Waals surface area (Å²) in [6.45, 7) is 17.0. The lowest BCUT2D eigenvalue weighted by molar-refractivity contribution is 0.0212. The van der Waals surface area contributed by atoms with E-state index in [9.17, 15) is 19.2 Å². The Balaban J connectivity index is 0.000000597. The van der Waals surface area contributed by atoms with Crippen molar-refractivity contribution in [2.24, 2.45) is 17.3 Å². The molecule has 9 N–H and O–H groups in total. The van der Waals surface area contributed by atoms with E-state index in [4.69, 9.17) is 27.0 Å². The van der Waals surface area contributed by atoms with Gasteiger partial charge in [-0.1, -0.05) is 12.2 Å². The molecule has 3 amide bonds. The number of benzene rings is 1. The molecule has 0 aliphatic carbocycles. The summed E-state index contributed by atoms with van der Waals surface area (Å²) in [5.41, 5.74) is 17.5. The van der Waals surface area contributed by atoms with Crippen LogP contribution in [0.5, 0.6) is 5.75 Å². The molecule has 5 heterocycles. The quantitative estimate of drug-likeness (QED) is 0.0354. The number of anilines is 2. The van der Waals surface area contributed by atoms with Crippen molar-refractivity contribution >= 4 is 58.1 Å². The van der Waals surface area contributed by atoms with Gasteiger partial charge in [-0.05, 0) is 85.7 Å². The number of aldehydes is 1. The minimum Gasteiger partial charge on any atom is -0.484 e. The molecule has 60 heavy (non-hydrogen) atoms. The maximum Gasteiger partial charge on any atom is 0.276 e. The summed E-state index contributed by atoms with van der Waals surface area (Å²) in [7, 11) is 1.74. The lowest BCUT2D eigenvalue weighted by Gasteiger charge is -2.41. The molecule has 0 saturated carbocycles. The highest BCUT2D eigenvalue weighted by Crippen LogP contribution is 2.36. The van der Waals surface area contributed by atoms with Crippen molar-refractivity contribution in [3.05, 3.63) is 82.6 Å². The second-order valence-electron chi connectivity index (χ2n) is 14.9. The Hall–Kier alpha value is -6.93. The van der Waals surface area contributed by atoms with Crippen molar-refractivity contribution in [1.29, 1.82) is 0 Å². The predicted molar refractivity (Wildman–Crippen MR) is 228 cm³/mol. The second-order valence-corrected chi connectivity index (χ2v) is 14.9. The third kappa shape index (κ3) is 9.18. The van der Waals surface area contributed by atoms with Gasteiger partial charge in [-0.3, -0.25) is 49.7 Å². The Labute approximate surface area is 346 Å². The van der Waals surface area contributed by atoms with Gasteiger partial charge in [0.05, 0.1) is 28.0 Å². The van der Waals surface area contributed by atoms with Crippen LogP contribution >= 0.6 is 0 Å². The molecule has 0 bridgehead atoms. The molecule has 5 aromatic heterocycles. The number of aromatic nitrogens is 9. The van der Waals surface area contributed by atoms with Gasteiger partial charge in [0.1, 0.15) is 33.8 Å². The number of hydrogen-bond acceptors (Lipinski definition) is 13. The molecule has 20 heteroatoms. The van der Waals surface area contributed by atoms with Gasteiger partial charge in [0.15, 0.2) is 11.9 Å². The van der Waals surface area contributed by atoms with Crippen LogP contribution in [-0.2, 0) is 26.2 Å². The van der Waals surface area contributed by atoms with Crippen LogP contribution in [0.1, 0.15) is 94.6 Å². The van der Waals surface area contributed by atoms with Crippen molar-refractivity contribution < 1.29 is 23.9 Å². The van der Waals surface area contributed by atoms with Gasteiger partial charge in [-0.25, -0.2) is 15.0 Å². The van der Waals surface area contributed by atoms with Gasteiger partial charge in [-0.15, -0.1) is 0 Å². The Bertz CT molecular complexity index is 2590. The number of nitrogens with one attached hydrogen (secondary N) is 3. The Morgan fingerprint density at radius 2 is 1.42 bits per heavy atom. The van der Waals surface area contributed by atoms with Crippen LogP contribution in [0.4, 0.5) is 11.9 Å². The highest BCUT2D eigenvalue weighted by atomic mass is 16.5. The number of carbonyl (C=O) groups is 4. The van der Waals surface area contributed by atoms with E-state index >= 15 is 0 Å². The highest BCUT2D eigenvalue weighted by molar-refractivity contribution is 6.03. The zero-order valence-corrected chi connectivity index (χ0v) is 35.3. The van der Waals surface area contributed by atoms with Gasteiger partial charge in [0, 0.05) is 45.0 Å². The van der Waals surface area contributed by atoms with E-state index in [2.05, 4.69) is 36.2 Å². The topological polar surface area (TPSA) is 276 Å². The number of nitrogens with zero attached hydrogens (tertiary/aromatic N) is 9. The van der Waals surface area contributed by atoms with Crippen LogP contribution in [0.2, 0.25) is 0 Å². The molecule has 6 aromatic rings. The predicted octanol–water partition coefficient (Wildman–Crippen LogP) is 3.48. The first kappa shape index (κ1) is 44.2. The molecule has 0 saturated heterocycles. The van der Waals surface area contributed by atoms with Crippen molar-refractivity contribution in [1.82, 2.24) is 49.1 Å². The van der Waals surface area contributed by atoms with Gasteiger partial charge >= 0.3 is 0 Å². The zero-order valence-electron chi connectivity index (χ0n) is 35.3. The highest BCUT2D eigenvalue weighted by Gasteiger charge is 2.39. The first-order valence-corrected chi connectivity index (χ1v) is 19.2. The molecule has 20 nitrogen and oxygen atoms in total. The maximum absolute atomic E-state index is 13.4. The molecule has 0 aliphatic heterocycles. The normalized spacial score (nSPS) is 11.8. The molecule has 0 aliphatic rings. The third-order valence-electron chi connectivity index (χ3n) is 10.2. The molecular weight excluding hydrogens is 771 g/mol. The molecule has 318 valence electrons. The van der Waals surface area contributed by atoms with Crippen LogP contribution in [0.15, 0.2) is 48.7 Å². The third-order valence-corrected chi connectivity index (χ3v) is 10.2. The fourth-order valence-corrected chi connectivity index (χ4v) is 6.22. The van der Waals surface area contributed by atoms with Crippen molar-refractivity contribution in [2.75, 3.05) is 17.7 Å². The summed E-state index contributed by atoms with van der Waals surface area (Å²) in [6.07, 6.45) is 5.99. The van der Waals surface area contributed by atoms with Gasteiger partial charge in [0.2, 0.25) is 23.7 Å². The van der Waals surface area contributed by atoms with E-state index in [1.807, 2.05) is 72.1 Å². The number of rotatable bonds is 16. The summed E-state index contributed by atoms with van der Waals surface area (Å²) in [5, 5.41) is 14.4. The molecule has 6 rings (SSSR count). The Kier molecular flexibility index (Phi) is 13.2. The average Bonchev–Trinajstić information content (AvgIpc) is 3.97. The number of nitrogens with two attached hydrogens (primary N) is 3. The van der Waals surface area contributed by atoms with E-state index in [0.717, 1.165) is 18.5 Å². The van der Waals surface area contributed by atoms with Crippen LogP contribution in [0.25, 0.3) is 22.2 Å². The van der Waals surface area contributed by atoms with E-state index < -0.39 is 28.9 Å². The SMILES string of the molecule is CCn1nc(C)cc1C(=O)Nc1nc2cc(C(N)=O)cnc2n1C/C=C/Cn1c(NC)nc2cc(C(N)=O)cc(OC(C)(C)C(C)(C)NN)c21.CCn1nc(C)cc1C=O. The van der Waals surface area contributed by atoms with Crippen LogP contribution in [0, 0.1) is 13.8 Å². The number of amides is 3. The summed E-state index contributed by atoms with van der Waals surface area (Å²) in [5.74, 6) is 5.33. The Morgan fingerprint density at radius 3 is 2.00 bits per heavy atom. The van der Waals surface area contributed by atoms with Crippen molar-refractivity contribution in [3.8, 4) is 5.75 Å². The van der Waals surface area contributed by atoms with Gasteiger partial charge < -0.3 is 26.1 Å². The molecule has 0 spiro atoms. The number of ether oxygens (including phenoxy) is 1. The van der Waals surface area contributed by atoms with Crippen molar-refractivity contribution in [2.45, 2.75) is 92.7 Å². The van der Waals surface area contributed by atoms with Crippen LogP contribution < -0.4 is 38.1 Å². The molecule has 1 aromatic carbocycles. The average molecular weight is 824 g/mol. The molecular formula is C40H53N15O5. The standard InChI is InChI=1S/C33H43N13O4.C7H10N2O/c1-8-46-23(13-18(2)42-46)29(49)41-31-40-22-15-20(27(35)48)17-38-28(22)45(31)12-10-9-11-44-25-21(39-30(44)37-7)14-19(26(34)47)16-24(25)50-33(5,6)32(3,4)43-36;1-3-9-7(5-10)4-6(2)8-9/h9-10,13-17,43H,8,11-12,36H2,1-7H3,(H2,34,47)(H2,35,48)(H,37,39)(H,40,41,49);4-5H,3H2,1-2H3/b10-9+;. The minimum absolute atomic E-state index is 0.188. The van der Waals surface area contributed by atoms with E-state index in [1.165, 1.54) is 12.3 Å². The largest absolute Gasteiger partial charge is 0.484 e. The van der Waals surface area contributed by atoms with Crippen LogP contribution in [0.3, 0.4) is 0 Å². The first-order valence-electron chi connectivity index (χ1n) is 19.2. The summed E-state index contributed by atoms with van der Waals surface area (Å²) in [6, 6.07) is 8.22. The summed E-state index contributed by atoms with van der Waals surface area (Å²) < 4.78 is 13.5. The van der Waals surface area contributed by atoms with Gasteiger partial charge in [0.25, 0.3) is 5.91 Å². The zero-order chi connectivity index (χ0) is 44.1. The molecule has 0 radical (unpaired) electrons. The number of carbonyl (C=O) groups excluding carboxylic acids is 4. The number of allylic oxidation sites excluding steroid dienone is 2. The number of imidazole rings is 2. The van der Waals surface area contributed by atoms with Crippen LogP contribution in [-0.4, -0.2) is 85.8 Å². The Morgan fingerprint density at radius 1 is 0.817 bits per heavy atom. The maximum atomic E-state index is 13.4. The van der Waals surface area contributed by atoms with Gasteiger partial charge in [-0.2, -0.15) is 10.2 Å². The lowest BCUT2D eigenvalue weighted by atomic mass is 9.86. The lowest BCUT2D eigenvalue weighted by Crippen LogP contribution is -2.61.